The molecule has 18 heavy (non-hydrogen) atoms. The second-order valence-electron chi connectivity index (χ2n) is 4.08. The van der Waals surface area contributed by atoms with Gasteiger partial charge in [0.2, 0.25) is 0 Å². The molecule has 0 aromatic carbocycles. The van der Waals surface area contributed by atoms with E-state index in [4.69, 9.17) is 10.9 Å². The highest BCUT2D eigenvalue weighted by atomic mass is 35.5. The summed E-state index contributed by atoms with van der Waals surface area (Å²) >= 11 is 0. The molecule has 0 aliphatic heterocycles. The van der Waals surface area contributed by atoms with Gasteiger partial charge >= 0.3 is 0 Å². The summed E-state index contributed by atoms with van der Waals surface area (Å²) in [6, 6.07) is 0.249. The number of halogens is 1. The fourth-order valence-corrected chi connectivity index (χ4v) is 2.14. The van der Waals surface area contributed by atoms with Crippen LogP contribution in [0.25, 0.3) is 11.2 Å². The molecule has 3 rings (SSSR count). The number of allylic oxidation sites excluding steroid dienone is 1. The Morgan fingerprint density at radius 3 is 2.89 bits per heavy atom. The van der Waals surface area contributed by atoms with Gasteiger partial charge in [0.1, 0.15) is 17.9 Å². The van der Waals surface area contributed by atoms with Crippen molar-refractivity contribution in [2.45, 2.75) is 18.5 Å². The number of aromatic nitrogens is 4. The lowest BCUT2D eigenvalue weighted by atomic mass is 10.2. The Balaban J connectivity index is 0.00000120. The molecule has 1 aliphatic carbocycles. The minimum Gasteiger partial charge on any atom is -1.00 e. The maximum atomic E-state index is 8.99. The maximum absolute atomic E-state index is 8.99. The van der Waals surface area contributed by atoms with Crippen molar-refractivity contribution in [2.75, 3.05) is 5.73 Å². The van der Waals surface area contributed by atoms with Crippen molar-refractivity contribution in [3.8, 4) is 0 Å². The van der Waals surface area contributed by atoms with Crippen LogP contribution >= 0.6 is 0 Å². The van der Waals surface area contributed by atoms with E-state index >= 15 is 0 Å². The highest BCUT2D eigenvalue weighted by molar-refractivity contribution is 5.81. The van der Waals surface area contributed by atoms with Gasteiger partial charge in [0.25, 0.3) is 0 Å². The predicted octanol–water partition coefficient (Wildman–Crippen LogP) is -3.77. The first-order valence-electron chi connectivity index (χ1n) is 5.38. The lowest BCUT2D eigenvalue weighted by molar-refractivity contribution is -0.903. The largest absolute Gasteiger partial charge is 1.00 e. The first kappa shape index (κ1) is 12.7. The Bertz CT molecular complexity index is 583. The van der Waals surface area contributed by atoms with E-state index in [-0.39, 0.29) is 24.5 Å². The van der Waals surface area contributed by atoms with E-state index in [1.54, 1.807) is 6.33 Å². The number of hydroxylamine groups is 1. The third-order valence-electron chi connectivity index (χ3n) is 3.03. The number of rotatable bonds is 2. The van der Waals surface area contributed by atoms with Gasteiger partial charge in [-0.25, -0.2) is 20.2 Å². The Hall–Kier alpha value is -1.70. The molecule has 2 atom stereocenters. The predicted molar refractivity (Wildman–Crippen MR) is 60.0 cm³/mol. The van der Waals surface area contributed by atoms with Crippen molar-refractivity contribution >= 4 is 17.0 Å². The van der Waals surface area contributed by atoms with E-state index < -0.39 is 0 Å². The summed E-state index contributed by atoms with van der Waals surface area (Å²) in [5.41, 5.74) is 8.29. The number of nitrogens with zero attached hydrogens (tertiary/aromatic N) is 4. The van der Waals surface area contributed by atoms with Crippen LogP contribution in [-0.2, 0) is 0 Å². The molecule has 5 N–H and O–H groups in total. The van der Waals surface area contributed by atoms with Gasteiger partial charge in [-0.3, -0.25) is 0 Å². The summed E-state index contributed by atoms with van der Waals surface area (Å²) in [4.78, 5) is 12.3. The smallest absolute Gasteiger partial charge is 0.165 e. The molecule has 2 heterocycles. The molecule has 1 aliphatic rings. The highest BCUT2D eigenvalue weighted by Crippen LogP contribution is 2.25. The Labute approximate surface area is 109 Å². The summed E-state index contributed by atoms with van der Waals surface area (Å²) in [7, 11) is 0. The number of nitrogens with two attached hydrogens (primary N) is 2. The summed E-state index contributed by atoms with van der Waals surface area (Å²) in [5, 5.41) is 8.99. The highest BCUT2D eigenvalue weighted by Gasteiger charge is 2.24. The van der Waals surface area contributed by atoms with E-state index in [0.717, 1.165) is 12.1 Å². The lowest BCUT2D eigenvalue weighted by Gasteiger charge is -2.10. The van der Waals surface area contributed by atoms with Gasteiger partial charge in [-0.1, -0.05) is 6.08 Å². The summed E-state index contributed by atoms with van der Waals surface area (Å²) in [5.74, 6) is 0.390. The SMILES string of the molecule is Nc1ncnc2c1ncn2[C@H]1C=C[C@@H]([NH2+]O)C1.[Cl-]. The number of anilines is 1. The molecule has 0 fully saturated rings. The maximum Gasteiger partial charge on any atom is 0.165 e. The molecule has 0 spiro atoms. The molecule has 0 saturated carbocycles. The average molecular weight is 269 g/mol. The summed E-state index contributed by atoms with van der Waals surface area (Å²) in [6.07, 6.45) is 7.97. The number of hydrogen-bond acceptors (Lipinski definition) is 5. The van der Waals surface area contributed by atoms with Crippen LogP contribution in [-0.4, -0.2) is 30.8 Å². The van der Waals surface area contributed by atoms with Crippen LogP contribution in [0, 0.1) is 0 Å². The van der Waals surface area contributed by atoms with Crippen molar-refractivity contribution in [3.63, 3.8) is 0 Å². The van der Waals surface area contributed by atoms with Gasteiger partial charge in [-0.15, -0.1) is 0 Å². The number of hydrogen-bond donors (Lipinski definition) is 3. The molecule has 0 bridgehead atoms. The first-order valence-corrected chi connectivity index (χ1v) is 5.38. The van der Waals surface area contributed by atoms with Gasteiger partial charge in [0, 0.05) is 6.42 Å². The van der Waals surface area contributed by atoms with E-state index in [2.05, 4.69) is 15.0 Å². The zero-order valence-electron chi connectivity index (χ0n) is 9.44. The fraction of sp³-hybridized carbons (Fsp3) is 0.300. The topological polar surface area (TPSA) is 106 Å². The van der Waals surface area contributed by atoms with E-state index in [1.807, 2.05) is 16.7 Å². The molecule has 8 heteroatoms. The Morgan fingerprint density at radius 1 is 1.33 bits per heavy atom. The number of imidazole rings is 1. The van der Waals surface area contributed by atoms with E-state index in [1.165, 1.54) is 11.8 Å². The van der Waals surface area contributed by atoms with E-state index in [9.17, 15) is 0 Å². The molecule has 0 amide bonds. The quantitative estimate of drug-likeness (QED) is 0.383. The summed E-state index contributed by atoms with van der Waals surface area (Å²) < 4.78 is 1.95. The number of quaternary nitrogens is 1. The fourth-order valence-electron chi connectivity index (χ4n) is 2.14. The number of nitrogen functional groups attached to an aromatic ring is 1. The molecule has 0 saturated heterocycles. The third kappa shape index (κ3) is 1.92. The Morgan fingerprint density at radius 2 is 2.17 bits per heavy atom. The third-order valence-corrected chi connectivity index (χ3v) is 3.03. The second-order valence-corrected chi connectivity index (χ2v) is 4.08. The van der Waals surface area contributed by atoms with Crippen LogP contribution in [0.2, 0.25) is 0 Å². The van der Waals surface area contributed by atoms with Gasteiger partial charge < -0.3 is 22.7 Å². The number of fused-ring (bicyclic) bond motifs is 1. The molecule has 0 unspecified atom stereocenters. The van der Waals surface area contributed by atoms with E-state index in [0.29, 0.717) is 11.3 Å². The summed E-state index contributed by atoms with van der Waals surface area (Å²) in [6.45, 7) is 0. The van der Waals surface area contributed by atoms with Gasteiger partial charge in [-0.05, 0) is 6.08 Å². The van der Waals surface area contributed by atoms with Crippen LogP contribution in [0.1, 0.15) is 12.5 Å². The Kier molecular flexibility index (Phi) is 3.46. The molecular formula is C10H13ClN6O. The molecule has 2 aromatic rings. The van der Waals surface area contributed by atoms with Crippen molar-refractivity contribution < 1.29 is 23.1 Å². The molecular weight excluding hydrogens is 256 g/mol. The molecule has 2 aromatic heterocycles. The van der Waals surface area contributed by atoms with Crippen LogP contribution in [0.5, 0.6) is 0 Å². The van der Waals surface area contributed by atoms with Crippen molar-refractivity contribution in [1.82, 2.24) is 19.5 Å². The van der Waals surface area contributed by atoms with Crippen LogP contribution in [0.4, 0.5) is 5.82 Å². The van der Waals surface area contributed by atoms with Crippen LogP contribution in [0.3, 0.4) is 0 Å². The van der Waals surface area contributed by atoms with Crippen LogP contribution in [0.15, 0.2) is 24.8 Å². The minimum atomic E-state index is 0. The second kappa shape index (κ2) is 4.89. The monoisotopic (exact) mass is 268 g/mol. The molecule has 96 valence electrons. The van der Waals surface area contributed by atoms with Gasteiger partial charge in [0.15, 0.2) is 11.5 Å². The van der Waals surface area contributed by atoms with Crippen molar-refractivity contribution in [3.05, 3.63) is 24.8 Å². The molecule has 7 nitrogen and oxygen atoms in total. The van der Waals surface area contributed by atoms with Gasteiger partial charge in [0.05, 0.1) is 12.4 Å². The van der Waals surface area contributed by atoms with Crippen molar-refractivity contribution in [1.29, 1.82) is 0 Å². The minimum absolute atomic E-state index is 0. The first-order chi connectivity index (χ1) is 8.29. The zero-order valence-corrected chi connectivity index (χ0v) is 10.2. The zero-order chi connectivity index (χ0) is 11.8. The van der Waals surface area contributed by atoms with Crippen LogP contribution < -0.4 is 23.6 Å². The average Bonchev–Trinajstić information content (AvgIpc) is 2.94. The normalized spacial score (nSPS) is 22.3. The lowest BCUT2D eigenvalue weighted by Crippen LogP contribution is -3.00. The van der Waals surface area contributed by atoms with Crippen molar-refractivity contribution in [2.24, 2.45) is 0 Å². The van der Waals surface area contributed by atoms with Gasteiger partial charge in [-0.2, -0.15) is 5.48 Å². The standard InChI is InChI=1S/C10H12N6O.ClH/c11-9-8-10(13-4-12-9)16(5-14-8)7-2-1-6(3-7)15-17;/h1-2,4-7,15,17H,3H2,(H2,11,12,13);1H/t6-,7+;/m1./s1. The molecule has 0 radical (unpaired) electrons.